The molecule has 0 aromatic heterocycles. The van der Waals surface area contributed by atoms with Crippen molar-refractivity contribution in [2.75, 3.05) is 0 Å². The Morgan fingerprint density at radius 1 is 1.00 bits per heavy atom. The van der Waals surface area contributed by atoms with Crippen LogP contribution in [-0.4, -0.2) is 15.0 Å². The van der Waals surface area contributed by atoms with E-state index in [4.69, 9.17) is 33.6 Å². The highest BCUT2D eigenvalue weighted by Crippen LogP contribution is 2.34. The number of halogens is 2. The van der Waals surface area contributed by atoms with Crippen molar-refractivity contribution >= 4 is 34.6 Å². The van der Waals surface area contributed by atoms with Gasteiger partial charge in [-0.1, -0.05) is 35.3 Å². The summed E-state index contributed by atoms with van der Waals surface area (Å²) in [5.74, 6) is -0.709. The summed E-state index contributed by atoms with van der Waals surface area (Å²) in [7, 11) is 0. The van der Waals surface area contributed by atoms with Crippen molar-refractivity contribution in [3.8, 4) is 11.8 Å². The summed E-state index contributed by atoms with van der Waals surface area (Å²) >= 11 is 11.2. The summed E-state index contributed by atoms with van der Waals surface area (Å²) in [4.78, 5) is 18.6. The van der Waals surface area contributed by atoms with Crippen LogP contribution in [0.1, 0.15) is 5.56 Å². The molecule has 0 saturated heterocycles. The Labute approximate surface area is 139 Å². The Hall–Kier alpha value is -2.89. The summed E-state index contributed by atoms with van der Waals surface area (Å²) in [6, 6.07) is 10.0. The second-order valence-electron chi connectivity index (χ2n) is 3.87. The van der Waals surface area contributed by atoms with Crippen LogP contribution in [0.4, 0.5) is 11.4 Å². The van der Waals surface area contributed by atoms with Gasteiger partial charge in [0.15, 0.2) is 0 Å². The fraction of sp³-hybridized carbons (Fsp3) is 0. The normalized spacial score (nSPS) is 9.26. The van der Waals surface area contributed by atoms with Crippen LogP contribution in [0.5, 0.6) is 5.75 Å². The molecule has 2 aromatic carbocycles. The molecule has 0 amide bonds. The molecule has 0 saturated carbocycles. The molecule has 0 aliphatic carbocycles. The van der Waals surface area contributed by atoms with Gasteiger partial charge in [-0.05, 0) is 18.2 Å². The highest BCUT2D eigenvalue weighted by Gasteiger charge is 2.27. The predicted molar refractivity (Wildman–Crippen MR) is 82.6 cm³/mol. The number of benzene rings is 2. The number of para-hydroxylation sites is 1. The Morgan fingerprint density at radius 2 is 1.52 bits per heavy atom. The minimum atomic E-state index is -0.993. The maximum atomic E-state index is 10.3. The average molecular weight is 356 g/mol. The molecule has 1 N–H and O–H groups in total. The number of nitriles is 1. The molecule has 23 heavy (non-hydrogen) atoms. The molecule has 0 bridgehead atoms. The first kappa shape index (κ1) is 18.2. The third-order valence-corrected chi connectivity index (χ3v) is 3.08. The highest BCUT2D eigenvalue weighted by molar-refractivity contribution is 6.36. The van der Waals surface area contributed by atoms with Crippen molar-refractivity contribution < 1.29 is 15.0 Å². The Bertz CT molecular complexity index is 784. The van der Waals surface area contributed by atoms with Crippen molar-refractivity contribution in [2.45, 2.75) is 0 Å². The van der Waals surface area contributed by atoms with E-state index < -0.39 is 27.0 Å². The number of nitro benzene ring substituents is 2. The largest absolute Gasteiger partial charge is 0.502 e. The van der Waals surface area contributed by atoms with Crippen LogP contribution in [0.3, 0.4) is 0 Å². The zero-order valence-electron chi connectivity index (χ0n) is 11.1. The number of phenolic OH excluding ortho intramolecular Hbond substituents is 1. The van der Waals surface area contributed by atoms with Gasteiger partial charge in [0.25, 0.3) is 0 Å². The van der Waals surface area contributed by atoms with Gasteiger partial charge in [-0.3, -0.25) is 20.2 Å². The third-order valence-electron chi connectivity index (χ3n) is 2.45. The lowest BCUT2D eigenvalue weighted by molar-refractivity contribution is -0.423. The first-order chi connectivity index (χ1) is 10.8. The second kappa shape index (κ2) is 7.93. The van der Waals surface area contributed by atoms with Crippen LogP contribution >= 0.6 is 23.2 Å². The van der Waals surface area contributed by atoms with E-state index in [0.717, 1.165) is 12.1 Å². The molecule has 0 radical (unpaired) electrons. The molecular formula is C13H7Cl2N3O5. The maximum absolute atomic E-state index is 10.3. The predicted octanol–water partition coefficient (Wildman–Crippen LogP) is 4.07. The fourth-order valence-electron chi connectivity index (χ4n) is 1.46. The second-order valence-corrected chi connectivity index (χ2v) is 4.68. The molecule has 118 valence electrons. The van der Waals surface area contributed by atoms with E-state index in [1.54, 1.807) is 18.2 Å². The number of hydrogen-bond donors (Lipinski definition) is 1. The monoisotopic (exact) mass is 355 g/mol. The lowest BCUT2D eigenvalue weighted by Gasteiger charge is -1.95. The molecule has 0 fully saturated rings. The summed E-state index contributed by atoms with van der Waals surface area (Å²) in [6.45, 7) is 0. The smallest absolute Gasteiger partial charge is 0.387 e. The van der Waals surface area contributed by atoms with E-state index in [9.17, 15) is 20.2 Å². The summed E-state index contributed by atoms with van der Waals surface area (Å²) < 4.78 is 0. The van der Waals surface area contributed by atoms with Crippen LogP contribution in [0.25, 0.3) is 0 Å². The van der Waals surface area contributed by atoms with Gasteiger partial charge in [-0.2, -0.15) is 5.26 Å². The molecule has 10 heteroatoms. The first-order valence-electron chi connectivity index (χ1n) is 5.74. The Balaban J connectivity index is 0.000000238. The molecule has 2 rings (SSSR count). The lowest BCUT2D eigenvalue weighted by Crippen LogP contribution is -1.96. The van der Waals surface area contributed by atoms with Gasteiger partial charge in [0.1, 0.15) is 6.07 Å². The Kier molecular flexibility index (Phi) is 6.26. The number of rotatable bonds is 2. The van der Waals surface area contributed by atoms with E-state index in [1.165, 1.54) is 6.07 Å². The topological polar surface area (TPSA) is 130 Å². The minimum Gasteiger partial charge on any atom is -0.502 e. The van der Waals surface area contributed by atoms with Gasteiger partial charge in [-0.25, -0.2) is 0 Å². The summed E-state index contributed by atoms with van der Waals surface area (Å²) in [6.07, 6.45) is 0. The lowest BCUT2D eigenvalue weighted by atomic mass is 10.2. The van der Waals surface area contributed by atoms with Gasteiger partial charge in [0, 0.05) is 6.07 Å². The fourth-order valence-corrected chi connectivity index (χ4v) is 1.94. The van der Waals surface area contributed by atoms with Gasteiger partial charge in [0.05, 0.1) is 25.5 Å². The number of nitro groups is 2. The van der Waals surface area contributed by atoms with Gasteiger partial charge in [-0.15, -0.1) is 0 Å². The number of phenols is 1. The molecular weight excluding hydrogens is 349 g/mol. The standard InChI is InChI=1S/C7H3Cl2N.C6H4N2O5/c8-6-2-1-3-7(9)5(6)4-10;9-5-3-1-2-4(7(10)11)6(5)8(12)13/h1-3H;1-3,9H. The summed E-state index contributed by atoms with van der Waals surface area (Å²) in [5, 5.41) is 38.8. The highest BCUT2D eigenvalue weighted by atomic mass is 35.5. The SMILES string of the molecule is N#Cc1c(Cl)cccc1Cl.O=[N+]([O-])c1cccc(O)c1[N+](=O)[O-]. The van der Waals surface area contributed by atoms with E-state index in [1.807, 2.05) is 6.07 Å². The van der Waals surface area contributed by atoms with Gasteiger partial charge < -0.3 is 5.11 Å². The van der Waals surface area contributed by atoms with Crippen molar-refractivity contribution in [1.29, 1.82) is 5.26 Å². The van der Waals surface area contributed by atoms with Gasteiger partial charge >= 0.3 is 11.4 Å². The number of aromatic hydroxyl groups is 1. The molecule has 8 nitrogen and oxygen atoms in total. The van der Waals surface area contributed by atoms with E-state index in [0.29, 0.717) is 15.6 Å². The first-order valence-corrected chi connectivity index (χ1v) is 6.50. The number of hydrogen-bond acceptors (Lipinski definition) is 6. The van der Waals surface area contributed by atoms with E-state index >= 15 is 0 Å². The number of nitrogens with zero attached hydrogens (tertiary/aromatic N) is 3. The van der Waals surface area contributed by atoms with E-state index in [-0.39, 0.29) is 0 Å². The molecule has 0 aliphatic rings. The Morgan fingerprint density at radius 3 is 1.87 bits per heavy atom. The van der Waals surface area contributed by atoms with E-state index in [2.05, 4.69) is 0 Å². The van der Waals surface area contributed by atoms with Gasteiger partial charge in [0.2, 0.25) is 5.75 Å². The van der Waals surface area contributed by atoms with Crippen molar-refractivity contribution in [1.82, 2.24) is 0 Å². The molecule has 0 unspecified atom stereocenters. The molecule has 2 aromatic rings. The van der Waals surface area contributed by atoms with Crippen LogP contribution < -0.4 is 0 Å². The van der Waals surface area contributed by atoms with Crippen molar-refractivity contribution in [3.63, 3.8) is 0 Å². The third kappa shape index (κ3) is 4.54. The van der Waals surface area contributed by atoms with Crippen LogP contribution in [-0.2, 0) is 0 Å². The maximum Gasteiger partial charge on any atom is 0.387 e. The minimum absolute atomic E-state index is 0.339. The van der Waals surface area contributed by atoms with Crippen LogP contribution in [0.15, 0.2) is 36.4 Å². The zero-order valence-corrected chi connectivity index (χ0v) is 12.7. The van der Waals surface area contributed by atoms with Crippen LogP contribution in [0.2, 0.25) is 10.0 Å². The average Bonchev–Trinajstić information content (AvgIpc) is 2.47. The molecule has 0 atom stereocenters. The molecule has 0 aliphatic heterocycles. The quantitative estimate of drug-likeness (QED) is 0.637. The van der Waals surface area contributed by atoms with Crippen molar-refractivity contribution in [3.05, 3.63) is 72.2 Å². The van der Waals surface area contributed by atoms with Crippen molar-refractivity contribution in [2.24, 2.45) is 0 Å². The molecule has 0 spiro atoms. The van der Waals surface area contributed by atoms with Crippen LogP contribution in [0, 0.1) is 31.6 Å². The zero-order chi connectivity index (χ0) is 17.6. The summed E-state index contributed by atoms with van der Waals surface area (Å²) in [5.41, 5.74) is -1.26. The molecule has 0 heterocycles.